The monoisotopic (exact) mass is 115 g/mol. The maximum absolute atomic E-state index is 10.2. The van der Waals surface area contributed by atoms with Crippen molar-refractivity contribution in [3.63, 3.8) is 0 Å². The molecule has 0 spiro atoms. The van der Waals surface area contributed by atoms with E-state index in [0.29, 0.717) is 12.8 Å². The smallest absolute Gasteiger partial charge is 0.129 e. The fourth-order valence-corrected chi connectivity index (χ4v) is 0.393. The second-order valence-corrected chi connectivity index (χ2v) is 1.66. The van der Waals surface area contributed by atoms with Crippen molar-refractivity contribution in [2.24, 2.45) is 5.18 Å². The van der Waals surface area contributed by atoms with Gasteiger partial charge in [0.2, 0.25) is 0 Å². The minimum atomic E-state index is 0.119. The maximum Gasteiger partial charge on any atom is 0.129 e. The molecule has 0 aromatic heterocycles. The molecular formula is C5H9NO2. The van der Waals surface area contributed by atoms with Crippen molar-refractivity contribution < 1.29 is 4.79 Å². The van der Waals surface area contributed by atoms with Gasteiger partial charge in [-0.3, -0.25) is 0 Å². The summed E-state index contributed by atoms with van der Waals surface area (Å²) in [5.41, 5.74) is 0. The number of nitrogens with zero attached hydrogens (tertiary/aromatic N) is 1. The van der Waals surface area contributed by atoms with E-state index in [9.17, 15) is 9.70 Å². The number of hydrogen-bond acceptors (Lipinski definition) is 3. The zero-order valence-corrected chi connectivity index (χ0v) is 4.89. The molecule has 0 aliphatic heterocycles. The lowest BCUT2D eigenvalue weighted by molar-refractivity contribution is -0.117. The Hall–Kier alpha value is -0.730. The molecule has 0 radical (unpaired) electrons. The first kappa shape index (κ1) is 7.27. The normalized spacial score (nSPS) is 8.62. The molecule has 0 aliphatic carbocycles. The number of carbonyl (C=O) groups excluding carboxylic acids is 1. The fraction of sp³-hybridized carbons (Fsp3) is 0.800. The lowest BCUT2D eigenvalue weighted by Crippen LogP contribution is -1.90. The zero-order valence-electron chi connectivity index (χ0n) is 4.89. The van der Waals surface area contributed by atoms with E-state index in [1.54, 1.807) is 0 Å². The number of hydrogen-bond donors (Lipinski definition) is 0. The predicted molar refractivity (Wildman–Crippen MR) is 30.6 cm³/mol. The summed E-state index contributed by atoms with van der Waals surface area (Å²) in [6.45, 7) is 1.77. The van der Waals surface area contributed by atoms with Gasteiger partial charge in [-0.2, -0.15) is 4.91 Å². The average Bonchev–Trinajstić information content (AvgIpc) is 1.66. The molecule has 3 nitrogen and oxygen atoms in total. The summed E-state index contributed by atoms with van der Waals surface area (Å²) < 4.78 is 0. The van der Waals surface area contributed by atoms with Crippen LogP contribution in [0.4, 0.5) is 0 Å². The van der Waals surface area contributed by atoms with Gasteiger partial charge in [0.05, 0.1) is 6.54 Å². The van der Waals surface area contributed by atoms with E-state index in [1.807, 2.05) is 0 Å². The van der Waals surface area contributed by atoms with Crippen LogP contribution in [0.5, 0.6) is 0 Å². The van der Waals surface area contributed by atoms with Crippen molar-refractivity contribution in [2.45, 2.75) is 19.8 Å². The molecule has 0 N–H and O–H groups in total. The third-order valence-electron chi connectivity index (χ3n) is 0.778. The molecule has 0 atom stereocenters. The molecule has 0 unspecified atom stereocenters. The van der Waals surface area contributed by atoms with Crippen LogP contribution in [0.1, 0.15) is 19.8 Å². The lowest BCUT2D eigenvalue weighted by Gasteiger charge is -1.85. The molecule has 0 aromatic carbocycles. The summed E-state index contributed by atoms with van der Waals surface area (Å²) in [6, 6.07) is 0. The summed E-state index contributed by atoms with van der Waals surface area (Å²) in [5.74, 6) is 0.119. The molecule has 3 heteroatoms. The van der Waals surface area contributed by atoms with Crippen LogP contribution in [0.3, 0.4) is 0 Å². The molecule has 0 rings (SSSR count). The second kappa shape index (κ2) is 4.43. The summed E-state index contributed by atoms with van der Waals surface area (Å²) in [6.07, 6.45) is 1.07. The number of rotatable bonds is 4. The highest BCUT2D eigenvalue weighted by atomic mass is 16.3. The van der Waals surface area contributed by atoms with Crippen LogP contribution in [0.25, 0.3) is 0 Å². The molecule has 0 bridgehead atoms. The third kappa shape index (κ3) is 5.27. The van der Waals surface area contributed by atoms with Crippen LogP contribution in [-0.4, -0.2) is 12.3 Å². The summed E-state index contributed by atoms with van der Waals surface area (Å²) in [7, 11) is 0. The van der Waals surface area contributed by atoms with E-state index >= 15 is 0 Å². The molecule has 0 amide bonds. The Balaban J connectivity index is 2.93. The fourth-order valence-electron chi connectivity index (χ4n) is 0.393. The van der Waals surface area contributed by atoms with Crippen LogP contribution in [0.2, 0.25) is 0 Å². The molecule has 0 saturated carbocycles. The Bertz CT molecular complexity index is 90.4. The van der Waals surface area contributed by atoms with E-state index in [2.05, 4.69) is 5.18 Å². The molecule has 0 heterocycles. The SMILES string of the molecule is CC(=O)CCCN=O. The van der Waals surface area contributed by atoms with Crippen LogP contribution in [0.15, 0.2) is 5.18 Å². The van der Waals surface area contributed by atoms with E-state index in [1.165, 1.54) is 6.92 Å². The minimum Gasteiger partial charge on any atom is -0.300 e. The lowest BCUT2D eigenvalue weighted by atomic mass is 10.2. The van der Waals surface area contributed by atoms with Gasteiger partial charge in [0.1, 0.15) is 5.78 Å². The molecule has 0 aromatic rings. The highest BCUT2D eigenvalue weighted by Gasteiger charge is 1.90. The van der Waals surface area contributed by atoms with Crippen molar-refractivity contribution >= 4 is 5.78 Å². The van der Waals surface area contributed by atoms with Gasteiger partial charge in [0, 0.05) is 6.42 Å². The van der Waals surface area contributed by atoms with Crippen LogP contribution in [-0.2, 0) is 4.79 Å². The topological polar surface area (TPSA) is 46.5 Å². The predicted octanol–water partition coefficient (Wildman–Crippen LogP) is 1.12. The van der Waals surface area contributed by atoms with Crippen molar-refractivity contribution in [2.75, 3.05) is 6.54 Å². The summed E-state index contributed by atoms with van der Waals surface area (Å²) in [4.78, 5) is 19.6. The number of ketones is 1. The third-order valence-corrected chi connectivity index (χ3v) is 0.778. The first-order valence-electron chi connectivity index (χ1n) is 2.56. The largest absolute Gasteiger partial charge is 0.300 e. The van der Waals surface area contributed by atoms with Crippen molar-refractivity contribution in [3.05, 3.63) is 4.91 Å². The van der Waals surface area contributed by atoms with E-state index in [4.69, 9.17) is 0 Å². The van der Waals surface area contributed by atoms with Crippen molar-refractivity contribution in [3.8, 4) is 0 Å². The zero-order chi connectivity index (χ0) is 6.41. The summed E-state index contributed by atoms with van der Waals surface area (Å²) >= 11 is 0. The molecule has 0 fully saturated rings. The maximum atomic E-state index is 10.2. The van der Waals surface area contributed by atoms with Gasteiger partial charge >= 0.3 is 0 Å². The van der Waals surface area contributed by atoms with Gasteiger partial charge in [0.25, 0.3) is 0 Å². The quantitative estimate of drug-likeness (QED) is 0.407. The van der Waals surface area contributed by atoms with E-state index in [0.717, 1.165) is 0 Å². The van der Waals surface area contributed by atoms with Crippen molar-refractivity contribution in [1.29, 1.82) is 0 Å². The number of nitroso groups, excluding NO2 is 1. The molecule has 8 heavy (non-hydrogen) atoms. The van der Waals surface area contributed by atoms with Gasteiger partial charge in [0.15, 0.2) is 0 Å². The Morgan fingerprint density at radius 3 is 2.62 bits per heavy atom. The van der Waals surface area contributed by atoms with Gasteiger partial charge in [-0.1, -0.05) is 5.18 Å². The summed E-state index contributed by atoms with van der Waals surface area (Å²) in [5, 5.41) is 2.61. The number of Topliss-reactive ketones (excluding diaryl/α,β-unsaturated/α-hetero) is 1. The van der Waals surface area contributed by atoms with Gasteiger partial charge in [-0.15, -0.1) is 0 Å². The molecule has 0 aliphatic rings. The van der Waals surface area contributed by atoms with Gasteiger partial charge in [-0.05, 0) is 13.3 Å². The first-order chi connectivity index (χ1) is 3.77. The molecule has 46 valence electrons. The van der Waals surface area contributed by atoms with Gasteiger partial charge in [-0.25, -0.2) is 0 Å². The Morgan fingerprint density at radius 2 is 2.25 bits per heavy atom. The second-order valence-electron chi connectivity index (χ2n) is 1.66. The average molecular weight is 115 g/mol. The highest BCUT2D eigenvalue weighted by molar-refractivity contribution is 5.75. The Morgan fingerprint density at radius 1 is 1.62 bits per heavy atom. The number of carbonyl (C=O) groups is 1. The molecule has 0 saturated heterocycles. The standard InChI is InChI=1S/C5H9NO2/c1-5(7)3-2-4-6-8/h2-4H2,1H3. The van der Waals surface area contributed by atoms with Crippen LogP contribution < -0.4 is 0 Å². The Kier molecular flexibility index (Phi) is 4.03. The van der Waals surface area contributed by atoms with E-state index < -0.39 is 0 Å². The van der Waals surface area contributed by atoms with Crippen LogP contribution in [0, 0.1) is 4.91 Å². The van der Waals surface area contributed by atoms with Crippen molar-refractivity contribution in [1.82, 2.24) is 0 Å². The van der Waals surface area contributed by atoms with Gasteiger partial charge < -0.3 is 4.79 Å². The van der Waals surface area contributed by atoms with E-state index in [-0.39, 0.29) is 12.3 Å². The first-order valence-corrected chi connectivity index (χ1v) is 2.56. The van der Waals surface area contributed by atoms with Crippen LogP contribution >= 0.6 is 0 Å². The Labute approximate surface area is 48.1 Å². The highest BCUT2D eigenvalue weighted by Crippen LogP contribution is 1.88. The minimum absolute atomic E-state index is 0.119. The molecular weight excluding hydrogens is 106 g/mol.